The maximum atomic E-state index is 10.00. The van der Waals surface area contributed by atoms with Gasteiger partial charge in [-0.1, -0.05) is 0 Å². The number of nitrogen functional groups attached to an aromatic ring is 1. The zero-order valence-electron chi connectivity index (χ0n) is 9.46. The molecule has 0 saturated heterocycles. The van der Waals surface area contributed by atoms with E-state index in [9.17, 15) is 5.11 Å². The number of anilines is 2. The molecule has 0 saturated carbocycles. The topological polar surface area (TPSA) is 58.3 Å². The second kappa shape index (κ2) is 5.97. The summed E-state index contributed by atoms with van der Waals surface area (Å²) in [6, 6.07) is 5.83. The third-order valence-electron chi connectivity index (χ3n) is 2.13. The second-order valence-electron chi connectivity index (χ2n) is 4.02. The number of aliphatic hydroxyl groups is 1. The molecule has 3 nitrogen and oxygen atoms in total. The van der Waals surface area contributed by atoms with E-state index in [0.717, 1.165) is 9.26 Å². The first-order valence-corrected chi connectivity index (χ1v) is 7.42. The molecule has 16 heavy (non-hydrogen) atoms. The standard InChI is InChI=1S/C11H17IN2OS/c1-11(15,7-16-2)6-14-10-4-3-8(12)5-9(10)13/h3-5,14-15H,6-7,13H2,1-2H3. The molecule has 1 atom stereocenters. The Kier molecular flexibility index (Phi) is 5.20. The molecule has 90 valence electrons. The summed E-state index contributed by atoms with van der Waals surface area (Å²) in [5.74, 6) is 0.699. The molecular formula is C11H17IN2OS. The van der Waals surface area contributed by atoms with Crippen LogP contribution in [0.4, 0.5) is 11.4 Å². The van der Waals surface area contributed by atoms with Crippen molar-refractivity contribution in [3.63, 3.8) is 0 Å². The van der Waals surface area contributed by atoms with Gasteiger partial charge in [-0.25, -0.2) is 0 Å². The fourth-order valence-corrected chi connectivity index (χ4v) is 2.58. The molecule has 1 aromatic carbocycles. The van der Waals surface area contributed by atoms with Gasteiger partial charge in [-0.15, -0.1) is 0 Å². The monoisotopic (exact) mass is 352 g/mol. The Balaban J connectivity index is 2.61. The van der Waals surface area contributed by atoms with Gasteiger partial charge in [0, 0.05) is 15.9 Å². The average Bonchev–Trinajstić information content (AvgIpc) is 2.16. The van der Waals surface area contributed by atoms with Gasteiger partial charge in [0.05, 0.1) is 17.0 Å². The highest BCUT2D eigenvalue weighted by Crippen LogP contribution is 2.22. The average molecular weight is 352 g/mol. The van der Waals surface area contributed by atoms with Crippen LogP contribution >= 0.6 is 34.4 Å². The maximum absolute atomic E-state index is 10.00. The SMILES string of the molecule is CSCC(C)(O)CNc1ccc(I)cc1N. The number of hydrogen-bond donors (Lipinski definition) is 3. The molecular weight excluding hydrogens is 335 g/mol. The van der Waals surface area contributed by atoms with Gasteiger partial charge >= 0.3 is 0 Å². The van der Waals surface area contributed by atoms with Crippen LogP contribution in [0.25, 0.3) is 0 Å². The van der Waals surface area contributed by atoms with Crippen molar-refractivity contribution in [2.24, 2.45) is 0 Å². The fourth-order valence-electron chi connectivity index (χ4n) is 1.34. The molecule has 0 aliphatic carbocycles. The maximum Gasteiger partial charge on any atom is 0.0881 e. The van der Waals surface area contributed by atoms with Gasteiger partial charge in [0.1, 0.15) is 0 Å². The first kappa shape index (κ1) is 13.9. The van der Waals surface area contributed by atoms with E-state index in [-0.39, 0.29) is 0 Å². The molecule has 1 unspecified atom stereocenters. The summed E-state index contributed by atoms with van der Waals surface area (Å²) in [5.41, 5.74) is 6.75. The number of nitrogens with two attached hydrogens (primary N) is 1. The molecule has 1 rings (SSSR count). The lowest BCUT2D eigenvalue weighted by atomic mass is 10.1. The Bertz CT molecular complexity index is 358. The highest BCUT2D eigenvalue weighted by molar-refractivity contribution is 14.1. The van der Waals surface area contributed by atoms with Gasteiger partial charge in [0.2, 0.25) is 0 Å². The molecule has 0 aromatic heterocycles. The molecule has 0 spiro atoms. The van der Waals surface area contributed by atoms with Crippen LogP contribution in [-0.4, -0.2) is 29.3 Å². The first-order chi connectivity index (χ1) is 7.44. The summed E-state index contributed by atoms with van der Waals surface area (Å²) >= 11 is 3.85. The Labute approximate surface area is 114 Å². The molecule has 0 radical (unpaired) electrons. The number of thioether (sulfide) groups is 1. The number of hydrogen-bond acceptors (Lipinski definition) is 4. The summed E-state index contributed by atoms with van der Waals surface area (Å²) in [6.07, 6.45) is 1.98. The lowest BCUT2D eigenvalue weighted by molar-refractivity contribution is 0.0997. The van der Waals surface area contributed by atoms with Crippen LogP contribution in [0.3, 0.4) is 0 Å². The summed E-state index contributed by atoms with van der Waals surface area (Å²) in [7, 11) is 0. The predicted octanol–water partition coefficient (Wildman–Crippen LogP) is 2.40. The molecule has 0 heterocycles. The van der Waals surface area contributed by atoms with Crippen molar-refractivity contribution in [3.8, 4) is 0 Å². The van der Waals surface area contributed by atoms with Crippen LogP contribution in [0, 0.1) is 3.57 Å². The fraction of sp³-hybridized carbons (Fsp3) is 0.455. The summed E-state index contributed by atoms with van der Waals surface area (Å²) in [4.78, 5) is 0. The minimum Gasteiger partial charge on any atom is -0.397 e. The van der Waals surface area contributed by atoms with Crippen LogP contribution in [0.15, 0.2) is 18.2 Å². The molecule has 0 fully saturated rings. The van der Waals surface area contributed by atoms with Crippen molar-refractivity contribution in [3.05, 3.63) is 21.8 Å². The summed E-state index contributed by atoms with van der Waals surface area (Å²) in [6.45, 7) is 2.32. The quantitative estimate of drug-likeness (QED) is 0.563. The van der Waals surface area contributed by atoms with Crippen molar-refractivity contribution >= 4 is 45.7 Å². The van der Waals surface area contributed by atoms with Crippen LogP contribution in [0.5, 0.6) is 0 Å². The molecule has 0 amide bonds. The van der Waals surface area contributed by atoms with Gasteiger partial charge in [-0.2, -0.15) is 11.8 Å². The molecule has 4 N–H and O–H groups in total. The minimum absolute atomic E-state index is 0.499. The van der Waals surface area contributed by atoms with Crippen molar-refractivity contribution in [2.75, 3.05) is 29.6 Å². The number of rotatable bonds is 5. The number of nitrogens with one attached hydrogen (secondary N) is 1. The van der Waals surface area contributed by atoms with Crippen LogP contribution in [0.1, 0.15) is 6.92 Å². The predicted molar refractivity (Wildman–Crippen MR) is 81.1 cm³/mol. The van der Waals surface area contributed by atoms with E-state index in [1.54, 1.807) is 11.8 Å². The third-order valence-corrected chi connectivity index (χ3v) is 3.71. The van der Waals surface area contributed by atoms with Crippen LogP contribution < -0.4 is 11.1 Å². The van der Waals surface area contributed by atoms with Gasteiger partial charge in [-0.05, 0) is 54.0 Å². The highest BCUT2D eigenvalue weighted by atomic mass is 127. The van der Waals surface area contributed by atoms with Crippen molar-refractivity contribution in [2.45, 2.75) is 12.5 Å². The highest BCUT2D eigenvalue weighted by Gasteiger charge is 2.19. The van der Waals surface area contributed by atoms with E-state index in [0.29, 0.717) is 18.0 Å². The Morgan fingerprint density at radius 1 is 1.56 bits per heavy atom. The largest absolute Gasteiger partial charge is 0.397 e. The van der Waals surface area contributed by atoms with Crippen LogP contribution in [-0.2, 0) is 0 Å². The molecule has 5 heteroatoms. The normalized spacial score (nSPS) is 14.5. The molecule has 0 bridgehead atoms. The minimum atomic E-state index is -0.713. The van der Waals surface area contributed by atoms with E-state index in [1.165, 1.54) is 0 Å². The molecule has 0 aliphatic heterocycles. The smallest absolute Gasteiger partial charge is 0.0881 e. The molecule has 1 aromatic rings. The third kappa shape index (κ3) is 4.39. The van der Waals surface area contributed by atoms with Crippen molar-refractivity contribution in [1.82, 2.24) is 0 Å². The van der Waals surface area contributed by atoms with E-state index in [1.807, 2.05) is 31.4 Å². The second-order valence-corrected chi connectivity index (χ2v) is 6.13. The zero-order chi connectivity index (χ0) is 12.2. The molecule has 0 aliphatic rings. The van der Waals surface area contributed by atoms with E-state index >= 15 is 0 Å². The van der Waals surface area contributed by atoms with E-state index in [2.05, 4.69) is 27.9 Å². The van der Waals surface area contributed by atoms with Crippen molar-refractivity contribution in [1.29, 1.82) is 0 Å². The number of benzene rings is 1. The van der Waals surface area contributed by atoms with E-state index in [4.69, 9.17) is 5.73 Å². The number of halogens is 1. The summed E-state index contributed by atoms with van der Waals surface area (Å²) in [5, 5.41) is 13.2. The van der Waals surface area contributed by atoms with E-state index < -0.39 is 5.60 Å². The first-order valence-electron chi connectivity index (χ1n) is 4.95. The van der Waals surface area contributed by atoms with Crippen molar-refractivity contribution < 1.29 is 5.11 Å². The Morgan fingerprint density at radius 3 is 2.81 bits per heavy atom. The summed E-state index contributed by atoms with van der Waals surface area (Å²) < 4.78 is 1.11. The Morgan fingerprint density at radius 2 is 2.25 bits per heavy atom. The van der Waals surface area contributed by atoms with Crippen LogP contribution in [0.2, 0.25) is 0 Å². The van der Waals surface area contributed by atoms with Gasteiger partial charge < -0.3 is 16.2 Å². The van der Waals surface area contributed by atoms with Gasteiger partial charge in [0.25, 0.3) is 0 Å². The zero-order valence-corrected chi connectivity index (χ0v) is 12.4. The lowest BCUT2D eigenvalue weighted by Crippen LogP contribution is -2.36. The lowest BCUT2D eigenvalue weighted by Gasteiger charge is -2.23. The van der Waals surface area contributed by atoms with Gasteiger partial charge in [0.15, 0.2) is 0 Å². The Hall–Kier alpha value is -0.140. The van der Waals surface area contributed by atoms with Gasteiger partial charge in [-0.3, -0.25) is 0 Å².